The molecule has 0 aromatic carbocycles. The van der Waals surface area contributed by atoms with Crippen molar-refractivity contribution in [2.24, 2.45) is 5.92 Å². The zero-order valence-corrected chi connectivity index (χ0v) is 12.1. The van der Waals surface area contributed by atoms with E-state index in [1.54, 1.807) is 4.90 Å². The minimum atomic E-state index is -0.827. The number of carboxylic acids is 1. The van der Waals surface area contributed by atoms with Gasteiger partial charge in [-0.3, -0.25) is 9.69 Å². The van der Waals surface area contributed by atoms with E-state index in [1.165, 1.54) is 0 Å². The van der Waals surface area contributed by atoms with Gasteiger partial charge in [0.1, 0.15) is 0 Å². The molecule has 110 valence electrons. The molecule has 1 rings (SSSR count). The first-order chi connectivity index (χ1) is 8.90. The average Bonchev–Trinajstić information content (AvgIpc) is 2.35. The van der Waals surface area contributed by atoms with Crippen LogP contribution in [0.5, 0.6) is 0 Å². The molecule has 2 N–H and O–H groups in total. The predicted octanol–water partition coefficient (Wildman–Crippen LogP) is 0.833. The first-order valence-corrected chi connectivity index (χ1v) is 6.88. The molecule has 0 aromatic rings. The van der Waals surface area contributed by atoms with Crippen LogP contribution in [-0.4, -0.2) is 65.7 Å². The van der Waals surface area contributed by atoms with E-state index < -0.39 is 5.97 Å². The van der Waals surface area contributed by atoms with Crippen molar-refractivity contribution in [3.05, 3.63) is 0 Å². The van der Waals surface area contributed by atoms with Gasteiger partial charge in [-0.1, -0.05) is 6.92 Å². The van der Waals surface area contributed by atoms with E-state index in [-0.39, 0.29) is 18.4 Å². The molecule has 6 nitrogen and oxygen atoms in total. The van der Waals surface area contributed by atoms with Crippen LogP contribution in [0.3, 0.4) is 0 Å². The lowest BCUT2D eigenvalue weighted by molar-refractivity contribution is -0.137. The van der Waals surface area contributed by atoms with Crippen molar-refractivity contribution in [3.8, 4) is 0 Å². The summed E-state index contributed by atoms with van der Waals surface area (Å²) < 4.78 is 0. The van der Waals surface area contributed by atoms with Crippen LogP contribution in [-0.2, 0) is 4.79 Å². The van der Waals surface area contributed by atoms with Gasteiger partial charge in [0.05, 0.1) is 0 Å². The number of hydrogen-bond acceptors (Lipinski definition) is 3. The van der Waals surface area contributed by atoms with Gasteiger partial charge in [-0.15, -0.1) is 0 Å². The van der Waals surface area contributed by atoms with Crippen LogP contribution in [0.15, 0.2) is 0 Å². The fourth-order valence-corrected chi connectivity index (χ4v) is 2.19. The molecule has 0 saturated carbocycles. The summed E-state index contributed by atoms with van der Waals surface area (Å²) in [4.78, 5) is 26.6. The van der Waals surface area contributed by atoms with Crippen LogP contribution in [0.4, 0.5) is 4.79 Å². The number of urea groups is 1. The number of piperazine rings is 1. The van der Waals surface area contributed by atoms with Crippen molar-refractivity contribution in [2.45, 2.75) is 33.2 Å². The third-order valence-corrected chi connectivity index (χ3v) is 3.46. The van der Waals surface area contributed by atoms with Crippen LogP contribution >= 0.6 is 0 Å². The van der Waals surface area contributed by atoms with Gasteiger partial charge in [-0.2, -0.15) is 0 Å². The standard InChI is InChI=1S/C13H25N3O3/c1-10(2)15-4-6-16(7-5-15)13(19)14-9-11(3)8-12(17)18/h10-11H,4-9H2,1-3H3,(H,14,19)(H,17,18). The third-order valence-electron chi connectivity index (χ3n) is 3.46. The molecule has 0 radical (unpaired) electrons. The molecule has 1 fully saturated rings. The fraction of sp³-hybridized carbons (Fsp3) is 0.846. The summed E-state index contributed by atoms with van der Waals surface area (Å²) in [7, 11) is 0. The van der Waals surface area contributed by atoms with Gasteiger partial charge in [0.15, 0.2) is 0 Å². The Kier molecular flexibility index (Phi) is 6.08. The summed E-state index contributed by atoms with van der Waals surface area (Å²) in [5.74, 6) is -0.870. The minimum absolute atomic E-state index is 0.0431. The smallest absolute Gasteiger partial charge is 0.317 e. The molecule has 1 saturated heterocycles. The monoisotopic (exact) mass is 271 g/mol. The third kappa shape index (κ3) is 5.46. The van der Waals surface area contributed by atoms with E-state index in [0.29, 0.717) is 12.6 Å². The van der Waals surface area contributed by atoms with Crippen molar-refractivity contribution in [1.29, 1.82) is 0 Å². The Labute approximate surface area is 114 Å². The summed E-state index contributed by atoms with van der Waals surface area (Å²) in [6.45, 7) is 9.81. The largest absolute Gasteiger partial charge is 0.481 e. The van der Waals surface area contributed by atoms with Crippen LogP contribution < -0.4 is 5.32 Å². The Morgan fingerprint density at radius 3 is 2.21 bits per heavy atom. The normalized spacial score (nSPS) is 18.4. The van der Waals surface area contributed by atoms with E-state index in [1.807, 2.05) is 6.92 Å². The zero-order valence-electron chi connectivity index (χ0n) is 12.1. The Morgan fingerprint density at radius 1 is 1.16 bits per heavy atom. The lowest BCUT2D eigenvalue weighted by Gasteiger charge is -2.36. The maximum Gasteiger partial charge on any atom is 0.317 e. The molecule has 19 heavy (non-hydrogen) atoms. The van der Waals surface area contributed by atoms with Crippen molar-refractivity contribution >= 4 is 12.0 Å². The molecule has 1 unspecified atom stereocenters. The van der Waals surface area contributed by atoms with E-state index >= 15 is 0 Å². The highest BCUT2D eigenvalue weighted by Gasteiger charge is 2.22. The summed E-state index contributed by atoms with van der Waals surface area (Å²) in [5, 5.41) is 11.5. The number of carbonyl (C=O) groups is 2. The molecular formula is C13H25N3O3. The molecular weight excluding hydrogens is 246 g/mol. The Hall–Kier alpha value is -1.30. The summed E-state index contributed by atoms with van der Waals surface area (Å²) in [6, 6.07) is 0.432. The van der Waals surface area contributed by atoms with Crippen LogP contribution in [0.2, 0.25) is 0 Å². The first-order valence-electron chi connectivity index (χ1n) is 6.88. The van der Waals surface area contributed by atoms with Crippen LogP contribution in [0, 0.1) is 5.92 Å². The second kappa shape index (κ2) is 7.33. The Balaban J connectivity index is 2.26. The molecule has 1 aliphatic rings. The minimum Gasteiger partial charge on any atom is -0.481 e. The lowest BCUT2D eigenvalue weighted by Crippen LogP contribution is -2.53. The number of carboxylic acid groups (broad SMARTS) is 1. The summed E-state index contributed by atoms with van der Waals surface area (Å²) >= 11 is 0. The number of amides is 2. The quantitative estimate of drug-likeness (QED) is 0.777. The first kappa shape index (κ1) is 15.8. The molecule has 0 aromatic heterocycles. The number of aliphatic carboxylic acids is 1. The molecule has 2 amide bonds. The molecule has 1 atom stereocenters. The van der Waals surface area contributed by atoms with E-state index in [9.17, 15) is 9.59 Å². The highest BCUT2D eigenvalue weighted by Crippen LogP contribution is 2.06. The molecule has 0 aliphatic carbocycles. The van der Waals surface area contributed by atoms with Gasteiger partial charge in [-0.25, -0.2) is 4.79 Å². The van der Waals surface area contributed by atoms with Crippen molar-refractivity contribution in [1.82, 2.24) is 15.1 Å². The van der Waals surface area contributed by atoms with E-state index in [2.05, 4.69) is 24.1 Å². The Bertz CT molecular complexity index is 312. The van der Waals surface area contributed by atoms with Gasteiger partial charge in [0.25, 0.3) is 0 Å². The molecule has 6 heteroatoms. The van der Waals surface area contributed by atoms with Gasteiger partial charge in [0.2, 0.25) is 0 Å². The molecule has 0 spiro atoms. The van der Waals surface area contributed by atoms with Crippen molar-refractivity contribution in [3.63, 3.8) is 0 Å². The highest BCUT2D eigenvalue weighted by molar-refractivity contribution is 5.74. The second-order valence-electron chi connectivity index (χ2n) is 5.51. The summed E-state index contributed by atoms with van der Waals surface area (Å²) in [6.07, 6.45) is 0.0847. The fourth-order valence-electron chi connectivity index (χ4n) is 2.19. The molecule has 1 aliphatic heterocycles. The van der Waals surface area contributed by atoms with Crippen LogP contribution in [0.25, 0.3) is 0 Å². The lowest BCUT2D eigenvalue weighted by atomic mass is 10.1. The van der Waals surface area contributed by atoms with E-state index in [4.69, 9.17) is 5.11 Å². The van der Waals surface area contributed by atoms with Gasteiger partial charge in [0, 0.05) is 45.2 Å². The highest BCUT2D eigenvalue weighted by atomic mass is 16.4. The van der Waals surface area contributed by atoms with Crippen molar-refractivity contribution in [2.75, 3.05) is 32.7 Å². The van der Waals surface area contributed by atoms with Gasteiger partial charge < -0.3 is 15.3 Å². The number of hydrogen-bond donors (Lipinski definition) is 2. The Morgan fingerprint density at radius 2 is 1.74 bits per heavy atom. The number of carbonyl (C=O) groups excluding carboxylic acids is 1. The van der Waals surface area contributed by atoms with Crippen molar-refractivity contribution < 1.29 is 14.7 Å². The summed E-state index contributed by atoms with van der Waals surface area (Å²) in [5.41, 5.74) is 0. The molecule has 0 bridgehead atoms. The zero-order chi connectivity index (χ0) is 14.4. The van der Waals surface area contributed by atoms with E-state index in [0.717, 1.165) is 26.2 Å². The van der Waals surface area contributed by atoms with Gasteiger partial charge >= 0.3 is 12.0 Å². The number of nitrogens with one attached hydrogen (secondary N) is 1. The molecule has 1 heterocycles. The topological polar surface area (TPSA) is 72.9 Å². The van der Waals surface area contributed by atoms with Crippen LogP contribution in [0.1, 0.15) is 27.2 Å². The maximum absolute atomic E-state index is 11.9. The number of rotatable bonds is 5. The SMILES string of the molecule is CC(CNC(=O)N1CCN(C(C)C)CC1)CC(=O)O. The second-order valence-corrected chi connectivity index (χ2v) is 5.51. The van der Waals surface area contributed by atoms with Gasteiger partial charge in [-0.05, 0) is 19.8 Å². The predicted molar refractivity (Wildman–Crippen MR) is 73.1 cm³/mol. The maximum atomic E-state index is 11.9. The average molecular weight is 271 g/mol. The number of nitrogens with zero attached hydrogens (tertiary/aromatic N) is 2.